The minimum absolute atomic E-state index is 0.0304. The molecule has 0 aliphatic heterocycles. The van der Waals surface area contributed by atoms with Crippen molar-refractivity contribution in [1.82, 2.24) is 4.98 Å². The van der Waals surface area contributed by atoms with Crippen molar-refractivity contribution < 1.29 is 14.7 Å². The summed E-state index contributed by atoms with van der Waals surface area (Å²) in [5.74, 6) is -1.14. The van der Waals surface area contributed by atoms with Crippen molar-refractivity contribution in [3.8, 4) is 0 Å². The first kappa shape index (κ1) is 14.2. The molecule has 5 nitrogen and oxygen atoms in total. The maximum absolute atomic E-state index is 12.0. The summed E-state index contributed by atoms with van der Waals surface area (Å²) in [4.78, 5) is 26.8. The lowest BCUT2D eigenvalue weighted by Gasteiger charge is -2.09. The summed E-state index contributed by atoms with van der Waals surface area (Å²) in [5, 5.41) is 14.0. The summed E-state index contributed by atoms with van der Waals surface area (Å²) in [6, 6.07) is 7.19. The van der Waals surface area contributed by atoms with Crippen LogP contribution in [0.4, 0.5) is 5.69 Å². The number of anilines is 1. The van der Waals surface area contributed by atoms with Crippen molar-refractivity contribution in [3.63, 3.8) is 0 Å². The number of aromatic nitrogens is 1. The zero-order valence-corrected chi connectivity index (χ0v) is 11.7. The van der Waals surface area contributed by atoms with E-state index in [0.717, 1.165) is 10.6 Å². The quantitative estimate of drug-likeness (QED) is 0.887. The fourth-order valence-corrected chi connectivity index (χ4v) is 2.35. The summed E-state index contributed by atoms with van der Waals surface area (Å²) in [6.45, 7) is 1.84. The highest BCUT2D eigenvalue weighted by atomic mass is 32.1. The van der Waals surface area contributed by atoms with Crippen LogP contribution in [0.15, 0.2) is 29.6 Å². The SMILES string of the molecule is Cc1nc(C(=O)Nc2ccccc2CCC(=O)O)cs1. The highest BCUT2D eigenvalue weighted by Crippen LogP contribution is 2.18. The van der Waals surface area contributed by atoms with Gasteiger partial charge in [0, 0.05) is 17.5 Å². The van der Waals surface area contributed by atoms with Gasteiger partial charge in [-0.25, -0.2) is 4.98 Å². The Kier molecular flexibility index (Phi) is 4.47. The molecular weight excluding hydrogens is 276 g/mol. The van der Waals surface area contributed by atoms with Crippen LogP contribution in [-0.2, 0) is 11.2 Å². The molecule has 0 saturated carbocycles. The minimum Gasteiger partial charge on any atom is -0.481 e. The van der Waals surface area contributed by atoms with Crippen molar-refractivity contribution in [3.05, 3.63) is 45.9 Å². The Bertz CT molecular complexity index is 637. The zero-order valence-electron chi connectivity index (χ0n) is 10.9. The monoisotopic (exact) mass is 290 g/mol. The van der Waals surface area contributed by atoms with Gasteiger partial charge in [-0.3, -0.25) is 9.59 Å². The highest BCUT2D eigenvalue weighted by molar-refractivity contribution is 7.09. The molecule has 20 heavy (non-hydrogen) atoms. The van der Waals surface area contributed by atoms with Gasteiger partial charge in [0.05, 0.1) is 5.01 Å². The van der Waals surface area contributed by atoms with Gasteiger partial charge in [0.25, 0.3) is 5.91 Å². The first-order chi connectivity index (χ1) is 9.56. The van der Waals surface area contributed by atoms with Gasteiger partial charge in [0.15, 0.2) is 0 Å². The van der Waals surface area contributed by atoms with Gasteiger partial charge in [-0.2, -0.15) is 0 Å². The van der Waals surface area contributed by atoms with E-state index in [-0.39, 0.29) is 12.3 Å². The van der Waals surface area contributed by atoms with Crippen molar-refractivity contribution >= 4 is 28.9 Å². The Balaban J connectivity index is 2.12. The van der Waals surface area contributed by atoms with Crippen LogP contribution < -0.4 is 5.32 Å². The van der Waals surface area contributed by atoms with Gasteiger partial charge < -0.3 is 10.4 Å². The first-order valence-electron chi connectivity index (χ1n) is 6.09. The van der Waals surface area contributed by atoms with Gasteiger partial charge in [-0.15, -0.1) is 11.3 Å². The third-order valence-corrected chi connectivity index (χ3v) is 3.50. The third kappa shape index (κ3) is 3.64. The van der Waals surface area contributed by atoms with Crippen LogP contribution >= 0.6 is 11.3 Å². The molecule has 2 aromatic rings. The Morgan fingerprint density at radius 2 is 2.10 bits per heavy atom. The van der Waals surface area contributed by atoms with E-state index in [1.807, 2.05) is 19.1 Å². The predicted octanol–water partition coefficient (Wildman–Crippen LogP) is 2.72. The number of para-hydroxylation sites is 1. The molecule has 1 aromatic carbocycles. The third-order valence-electron chi connectivity index (χ3n) is 2.73. The number of amides is 1. The Hall–Kier alpha value is -2.21. The predicted molar refractivity (Wildman–Crippen MR) is 77.2 cm³/mol. The molecular formula is C14H14N2O3S. The van der Waals surface area contributed by atoms with Crippen LogP contribution in [-0.4, -0.2) is 22.0 Å². The number of hydrogen-bond donors (Lipinski definition) is 2. The van der Waals surface area contributed by atoms with Crippen LogP contribution in [0.5, 0.6) is 0 Å². The number of aliphatic carboxylic acids is 1. The molecule has 0 atom stereocenters. The van der Waals surface area contributed by atoms with E-state index in [1.165, 1.54) is 11.3 Å². The number of nitrogens with zero attached hydrogens (tertiary/aromatic N) is 1. The van der Waals surface area contributed by atoms with Gasteiger partial charge in [-0.05, 0) is 25.0 Å². The maximum atomic E-state index is 12.0. The molecule has 0 bridgehead atoms. The Morgan fingerprint density at radius 1 is 1.35 bits per heavy atom. The number of nitrogens with one attached hydrogen (secondary N) is 1. The normalized spacial score (nSPS) is 10.2. The Labute approximate surface area is 120 Å². The molecule has 0 radical (unpaired) electrons. The van der Waals surface area contributed by atoms with Crippen molar-refractivity contribution in [2.24, 2.45) is 0 Å². The molecule has 0 spiro atoms. The smallest absolute Gasteiger partial charge is 0.303 e. The van der Waals surface area contributed by atoms with Crippen LogP contribution in [0.1, 0.15) is 27.5 Å². The van der Waals surface area contributed by atoms with Crippen LogP contribution in [0.2, 0.25) is 0 Å². The highest BCUT2D eigenvalue weighted by Gasteiger charge is 2.12. The summed E-state index contributed by atoms with van der Waals surface area (Å²) < 4.78 is 0. The van der Waals surface area contributed by atoms with E-state index in [1.54, 1.807) is 17.5 Å². The number of hydrogen-bond acceptors (Lipinski definition) is 4. The molecule has 6 heteroatoms. The molecule has 0 saturated heterocycles. The van der Waals surface area contributed by atoms with E-state index in [0.29, 0.717) is 17.8 Å². The number of thiazole rings is 1. The molecule has 0 aliphatic carbocycles. The second-order valence-electron chi connectivity index (χ2n) is 4.26. The fraction of sp³-hybridized carbons (Fsp3) is 0.214. The number of carbonyl (C=O) groups excluding carboxylic acids is 1. The topological polar surface area (TPSA) is 79.3 Å². The summed E-state index contributed by atoms with van der Waals surface area (Å²) >= 11 is 1.41. The lowest BCUT2D eigenvalue weighted by molar-refractivity contribution is -0.136. The number of aryl methyl sites for hydroxylation is 2. The average molecular weight is 290 g/mol. The first-order valence-corrected chi connectivity index (χ1v) is 6.97. The van der Waals surface area contributed by atoms with Gasteiger partial charge in [0.2, 0.25) is 0 Å². The van der Waals surface area contributed by atoms with E-state index in [4.69, 9.17) is 5.11 Å². The standard InChI is InChI=1S/C14H14N2O3S/c1-9-15-12(8-20-9)14(19)16-11-5-3-2-4-10(11)6-7-13(17)18/h2-5,8H,6-7H2,1H3,(H,16,19)(H,17,18). The minimum atomic E-state index is -0.860. The summed E-state index contributed by atoms with van der Waals surface area (Å²) in [7, 11) is 0. The second-order valence-corrected chi connectivity index (χ2v) is 5.32. The van der Waals surface area contributed by atoms with Crippen molar-refractivity contribution in [2.45, 2.75) is 19.8 Å². The lowest BCUT2D eigenvalue weighted by Crippen LogP contribution is -2.14. The van der Waals surface area contributed by atoms with Gasteiger partial charge >= 0.3 is 5.97 Å². The summed E-state index contributed by atoms with van der Waals surface area (Å²) in [6.07, 6.45) is 0.407. The zero-order chi connectivity index (χ0) is 14.5. The van der Waals surface area contributed by atoms with E-state index in [2.05, 4.69) is 10.3 Å². The fourth-order valence-electron chi connectivity index (χ4n) is 1.76. The number of carboxylic acid groups (broad SMARTS) is 1. The lowest BCUT2D eigenvalue weighted by atomic mass is 10.1. The molecule has 1 aromatic heterocycles. The maximum Gasteiger partial charge on any atom is 0.303 e. The molecule has 2 rings (SSSR count). The van der Waals surface area contributed by atoms with E-state index < -0.39 is 5.97 Å². The number of rotatable bonds is 5. The molecule has 0 unspecified atom stereocenters. The molecule has 2 N–H and O–H groups in total. The summed E-state index contributed by atoms with van der Waals surface area (Å²) in [5.41, 5.74) is 1.81. The molecule has 0 aliphatic rings. The van der Waals surface area contributed by atoms with Crippen molar-refractivity contribution in [2.75, 3.05) is 5.32 Å². The van der Waals surface area contributed by atoms with Crippen LogP contribution in [0, 0.1) is 6.92 Å². The molecule has 1 amide bonds. The average Bonchev–Trinajstić information content (AvgIpc) is 2.84. The molecule has 0 fully saturated rings. The van der Waals surface area contributed by atoms with Gasteiger partial charge in [0.1, 0.15) is 5.69 Å². The largest absolute Gasteiger partial charge is 0.481 e. The number of carboxylic acids is 1. The Morgan fingerprint density at radius 3 is 2.75 bits per heavy atom. The van der Waals surface area contributed by atoms with Crippen molar-refractivity contribution in [1.29, 1.82) is 0 Å². The van der Waals surface area contributed by atoms with E-state index in [9.17, 15) is 9.59 Å². The van der Waals surface area contributed by atoms with Crippen LogP contribution in [0.25, 0.3) is 0 Å². The van der Waals surface area contributed by atoms with Crippen LogP contribution in [0.3, 0.4) is 0 Å². The molecule has 104 valence electrons. The van der Waals surface area contributed by atoms with Gasteiger partial charge in [-0.1, -0.05) is 18.2 Å². The molecule has 1 heterocycles. The number of carbonyl (C=O) groups is 2. The number of benzene rings is 1. The van der Waals surface area contributed by atoms with E-state index >= 15 is 0 Å². The second kappa shape index (κ2) is 6.29.